The van der Waals surface area contributed by atoms with Crippen molar-refractivity contribution in [1.29, 1.82) is 0 Å². The molecule has 4 heteroatoms. The van der Waals surface area contributed by atoms with Crippen LogP contribution in [-0.4, -0.2) is 19.3 Å². The minimum atomic E-state index is -0.614. The van der Waals surface area contributed by atoms with E-state index in [1.54, 1.807) is 6.21 Å². The van der Waals surface area contributed by atoms with Crippen molar-refractivity contribution >= 4 is 12.2 Å². The molecule has 22 heavy (non-hydrogen) atoms. The lowest BCUT2D eigenvalue weighted by atomic mass is 9.70. The second-order valence-corrected chi connectivity index (χ2v) is 5.99. The van der Waals surface area contributed by atoms with E-state index in [0.717, 1.165) is 31.2 Å². The minimum Gasteiger partial charge on any atom is -0.468 e. The zero-order valence-corrected chi connectivity index (χ0v) is 13.5. The topological polar surface area (TPSA) is 47.9 Å². The lowest BCUT2D eigenvalue weighted by Gasteiger charge is -2.34. The fraction of sp³-hybridized carbons (Fsp3) is 0.556. The smallest absolute Gasteiger partial charge is 0.317 e. The van der Waals surface area contributed by atoms with Crippen molar-refractivity contribution in [3.05, 3.63) is 35.9 Å². The maximum absolute atomic E-state index is 12.2. The molecule has 120 valence electrons. The van der Waals surface area contributed by atoms with Crippen LogP contribution in [0.25, 0.3) is 0 Å². The highest BCUT2D eigenvalue weighted by Gasteiger charge is 2.41. The third-order valence-electron chi connectivity index (χ3n) is 4.62. The third-order valence-corrected chi connectivity index (χ3v) is 4.62. The summed E-state index contributed by atoms with van der Waals surface area (Å²) in [6.07, 6.45) is 6.48. The lowest BCUT2D eigenvalue weighted by molar-refractivity contribution is -0.150. The molecule has 0 heterocycles. The van der Waals surface area contributed by atoms with Crippen molar-refractivity contribution < 1.29 is 14.4 Å². The Morgan fingerprint density at radius 2 is 2.00 bits per heavy atom. The molecular weight excluding hydrogens is 278 g/mol. The first-order valence-corrected chi connectivity index (χ1v) is 7.99. The molecule has 0 bridgehead atoms. The largest absolute Gasteiger partial charge is 0.468 e. The second kappa shape index (κ2) is 7.97. The Balaban J connectivity index is 1.95. The maximum Gasteiger partial charge on any atom is 0.317 e. The summed E-state index contributed by atoms with van der Waals surface area (Å²) in [5, 5.41) is 4.06. The quantitative estimate of drug-likeness (QED) is 0.454. The highest BCUT2D eigenvalue weighted by Crippen LogP contribution is 2.39. The molecule has 1 aromatic rings. The van der Waals surface area contributed by atoms with Gasteiger partial charge in [0.2, 0.25) is 0 Å². The first kappa shape index (κ1) is 16.5. The number of carbonyl (C=O) groups excluding carboxylic acids is 1. The van der Waals surface area contributed by atoms with Crippen molar-refractivity contribution in [2.24, 2.45) is 16.5 Å². The molecule has 0 radical (unpaired) electrons. The van der Waals surface area contributed by atoms with Crippen LogP contribution >= 0.6 is 0 Å². The van der Waals surface area contributed by atoms with Gasteiger partial charge in [-0.15, -0.1) is 0 Å². The number of benzene rings is 1. The summed E-state index contributed by atoms with van der Waals surface area (Å²) >= 11 is 0. The first-order valence-electron chi connectivity index (χ1n) is 7.99. The number of oxime groups is 1. The summed E-state index contributed by atoms with van der Waals surface area (Å²) in [4.78, 5) is 17.5. The average Bonchev–Trinajstić information content (AvgIpc) is 2.59. The molecule has 1 aliphatic rings. The van der Waals surface area contributed by atoms with Gasteiger partial charge >= 0.3 is 5.97 Å². The van der Waals surface area contributed by atoms with Crippen LogP contribution in [0.3, 0.4) is 0 Å². The zero-order chi connectivity index (χ0) is 15.8. The summed E-state index contributed by atoms with van der Waals surface area (Å²) in [7, 11) is 1.44. The molecule has 1 fully saturated rings. The molecule has 1 saturated carbocycles. The molecule has 0 spiro atoms. The van der Waals surface area contributed by atoms with Crippen LogP contribution in [0.5, 0.6) is 0 Å². The first-order chi connectivity index (χ1) is 10.7. The van der Waals surface area contributed by atoms with E-state index >= 15 is 0 Å². The van der Waals surface area contributed by atoms with Gasteiger partial charge in [-0.25, -0.2) is 0 Å². The van der Waals surface area contributed by atoms with E-state index in [1.807, 2.05) is 30.3 Å². The lowest BCUT2D eigenvalue weighted by Crippen LogP contribution is -2.38. The summed E-state index contributed by atoms with van der Waals surface area (Å²) in [6.45, 7) is 2.61. The van der Waals surface area contributed by atoms with Crippen molar-refractivity contribution in [1.82, 2.24) is 0 Å². The minimum absolute atomic E-state index is 0.200. The van der Waals surface area contributed by atoms with Crippen LogP contribution in [0.2, 0.25) is 0 Å². The molecule has 0 amide bonds. The van der Waals surface area contributed by atoms with E-state index in [9.17, 15) is 4.79 Å². The zero-order valence-electron chi connectivity index (χ0n) is 13.5. The standard InChI is InChI=1S/C18H25NO3/c1-3-15-9-11-18(12-10-15,17(20)21-2)14-19-22-13-16-7-5-4-6-8-16/h4-8,14-15H,3,9-13H2,1-2H3/b19-14-. The van der Waals surface area contributed by atoms with Crippen molar-refractivity contribution in [2.45, 2.75) is 45.6 Å². The van der Waals surface area contributed by atoms with E-state index < -0.39 is 5.41 Å². The number of rotatable bonds is 6. The number of methoxy groups -OCH3 is 1. The van der Waals surface area contributed by atoms with Gasteiger partial charge in [-0.3, -0.25) is 4.79 Å². The normalized spacial score (nSPS) is 25.1. The fourth-order valence-electron chi connectivity index (χ4n) is 3.01. The van der Waals surface area contributed by atoms with Gasteiger partial charge in [-0.1, -0.05) is 48.8 Å². The molecule has 0 saturated heterocycles. The van der Waals surface area contributed by atoms with Crippen LogP contribution in [-0.2, 0) is 21.0 Å². The Morgan fingerprint density at radius 1 is 1.32 bits per heavy atom. The number of carbonyl (C=O) groups is 1. The van der Waals surface area contributed by atoms with Crippen LogP contribution in [0.4, 0.5) is 0 Å². The fourth-order valence-corrected chi connectivity index (χ4v) is 3.01. The summed E-state index contributed by atoms with van der Waals surface area (Å²) < 4.78 is 4.99. The number of ether oxygens (including phenoxy) is 1. The Morgan fingerprint density at radius 3 is 2.59 bits per heavy atom. The predicted octanol–water partition coefficient (Wildman–Crippen LogP) is 3.95. The molecule has 0 aliphatic heterocycles. The van der Waals surface area contributed by atoms with Gasteiger partial charge in [0.25, 0.3) is 0 Å². The van der Waals surface area contributed by atoms with Crippen LogP contribution in [0, 0.1) is 11.3 Å². The van der Waals surface area contributed by atoms with Gasteiger partial charge < -0.3 is 9.57 Å². The Kier molecular flexibility index (Phi) is 5.99. The van der Waals surface area contributed by atoms with E-state index in [0.29, 0.717) is 12.5 Å². The Hall–Kier alpha value is -1.84. The van der Waals surface area contributed by atoms with Gasteiger partial charge in [0, 0.05) is 0 Å². The van der Waals surface area contributed by atoms with Crippen LogP contribution < -0.4 is 0 Å². The van der Waals surface area contributed by atoms with Gasteiger partial charge in [0.1, 0.15) is 12.0 Å². The summed E-state index contributed by atoms with van der Waals surface area (Å²) in [6, 6.07) is 9.86. The average molecular weight is 303 g/mol. The molecule has 2 rings (SSSR count). The van der Waals surface area contributed by atoms with Crippen molar-refractivity contribution in [2.75, 3.05) is 7.11 Å². The molecular formula is C18H25NO3. The molecule has 0 atom stereocenters. The molecule has 0 N–H and O–H groups in total. The maximum atomic E-state index is 12.2. The Bertz CT molecular complexity index is 490. The van der Waals surface area contributed by atoms with Crippen LogP contribution in [0.15, 0.2) is 35.5 Å². The number of hydrogen-bond donors (Lipinski definition) is 0. The number of nitrogens with zero attached hydrogens (tertiary/aromatic N) is 1. The number of hydrogen-bond acceptors (Lipinski definition) is 4. The number of esters is 1. The monoisotopic (exact) mass is 303 g/mol. The molecule has 1 aromatic carbocycles. The van der Waals surface area contributed by atoms with Gasteiger partial charge in [-0.2, -0.15) is 0 Å². The van der Waals surface area contributed by atoms with Crippen LogP contribution in [0.1, 0.15) is 44.6 Å². The highest BCUT2D eigenvalue weighted by molar-refractivity contribution is 5.95. The van der Waals surface area contributed by atoms with Crippen molar-refractivity contribution in [3.63, 3.8) is 0 Å². The SMILES string of the molecule is CCC1CCC(/C=N\OCc2ccccc2)(C(=O)OC)CC1. The van der Waals surface area contributed by atoms with E-state index in [-0.39, 0.29) is 5.97 Å². The second-order valence-electron chi connectivity index (χ2n) is 5.99. The van der Waals surface area contributed by atoms with Gasteiger partial charge in [-0.05, 0) is 37.2 Å². The summed E-state index contributed by atoms with van der Waals surface area (Å²) in [5.74, 6) is 0.505. The molecule has 1 aliphatic carbocycles. The highest BCUT2D eigenvalue weighted by atomic mass is 16.6. The van der Waals surface area contributed by atoms with Gasteiger partial charge in [0.15, 0.2) is 0 Å². The van der Waals surface area contributed by atoms with E-state index in [1.165, 1.54) is 13.5 Å². The Labute approximate surface area is 132 Å². The van der Waals surface area contributed by atoms with Crippen molar-refractivity contribution in [3.8, 4) is 0 Å². The molecule has 0 unspecified atom stereocenters. The predicted molar refractivity (Wildman–Crippen MR) is 86.4 cm³/mol. The van der Waals surface area contributed by atoms with E-state index in [2.05, 4.69) is 12.1 Å². The summed E-state index contributed by atoms with van der Waals surface area (Å²) in [5.41, 5.74) is 0.443. The van der Waals surface area contributed by atoms with E-state index in [4.69, 9.17) is 9.57 Å². The molecule has 0 aromatic heterocycles. The molecule has 4 nitrogen and oxygen atoms in total. The van der Waals surface area contributed by atoms with Gasteiger partial charge in [0.05, 0.1) is 13.3 Å². The third kappa shape index (κ3) is 4.09.